The molecule has 8 heteroatoms. The molecule has 3 aliphatic rings. The Kier molecular flexibility index (Phi) is 14.7. The van der Waals surface area contributed by atoms with E-state index in [0.29, 0.717) is 36.9 Å². The van der Waals surface area contributed by atoms with Gasteiger partial charge < -0.3 is 19.7 Å². The fourth-order valence-electron chi connectivity index (χ4n) is 7.52. The molecule has 0 aromatic heterocycles. The number of hydrogen-bond acceptors (Lipinski definition) is 8. The van der Waals surface area contributed by atoms with Crippen molar-refractivity contribution in [3.63, 3.8) is 0 Å². The van der Waals surface area contributed by atoms with Crippen molar-refractivity contribution in [2.75, 3.05) is 26.2 Å². The molecule has 2 fully saturated rings. The summed E-state index contributed by atoms with van der Waals surface area (Å²) in [5.74, 6) is -0.663. The first-order valence-electron chi connectivity index (χ1n) is 16.8. The van der Waals surface area contributed by atoms with Gasteiger partial charge in [0.1, 0.15) is 12.7 Å². The fraction of sp³-hybridized carbons (Fsp3) is 0.800. The van der Waals surface area contributed by atoms with E-state index < -0.39 is 24.3 Å². The summed E-state index contributed by atoms with van der Waals surface area (Å²) in [6.45, 7) is 11.5. The van der Waals surface area contributed by atoms with E-state index in [2.05, 4.69) is 24.8 Å². The Morgan fingerprint density at radius 3 is 2.42 bits per heavy atom. The maximum absolute atomic E-state index is 13.2. The van der Waals surface area contributed by atoms with Gasteiger partial charge in [0, 0.05) is 18.9 Å². The highest BCUT2D eigenvalue weighted by molar-refractivity contribution is 5.74. The molecular weight excluding hydrogens is 544 g/mol. The Bertz CT molecular complexity index is 983. The number of allylic oxidation sites excluding steroid dienone is 2. The van der Waals surface area contributed by atoms with Crippen molar-refractivity contribution >= 4 is 11.9 Å². The Labute approximate surface area is 259 Å². The molecule has 9 atom stereocenters. The van der Waals surface area contributed by atoms with Crippen LogP contribution in [0.3, 0.4) is 0 Å². The second-order valence-electron chi connectivity index (χ2n) is 13.8. The normalized spacial score (nSPS) is 38.0. The molecule has 0 radical (unpaired) electrons. The number of nitriles is 1. The maximum atomic E-state index is 13.2. The molecule has 0 aromatic rings. The smallest absolute Gasteiger partial charge is 0.309 e. The van der Waals surface area contributed by atoms with Gasteiger partial charge in [-0.2, -0.15) is 5.26 Å². The monoisotopic (exact) mass is 600 g/mol. The van der Waals surface area contributed by atoms with Gasteiger partial charge in [-0.3, -0.25) is 14.5 Å². The van der Waals surface area contributed by atoms with Crippen LogP contribution in [0.2, 0.25) is 0 Å². The van der Waals surface area contributed by atoms with Gasteiger partial charge >= 0.3 is 11.9 Å². The summed E-state index contributed by atoms with van der Waals surface area (Å²) in [5.41, 5.74) is 0.312. The second-order valence-corrected chi connectivity index (χ2v) is 13.8. The van der Waals surface area contributed by atoms with Gasteiger partial charge in [0.25, 0.3) is 0 Å². The molecule has 0 spiro atoms. The van der Waals surface area contributed by atoms with Gasteiger partial charge in [-0.1, -0.05) is 52.7 Å². The molecule has 2 heterocycles. The molecule has 0 unspecified atom stereocenters. The van der Waals surface area contributed by atoms with Crippen molar-refractivity contribution in [1.29, 1.82) is 5.26 Å². The van der Waals surface area contributed by atoms with Crippen molar-refractivity contribution in [3.05, 3.63) is 23.8 Å². The number of hydrogen-bond donors (Lipinski definition) is 2. The lowest BCUT2D eigenvalue weighted by Gasteiger charge is -2.29. The minimum atomic E-state index is -0.862. The zero-order valence-corrected chi connectivity index (χ0v) is 27.0. The van der Waals surface area contributed by atoms with Crippen molar-refractivity contribution in [2.24, 2.45) is 35.5 Å². The Morgan fingerprint density at radius 2 is 1.72 bits per heavy atom. The summed E-state index contributed by atoms with van der Waals surface area (Å²) in [7, 11) is 0. The van der Waals surface area contributed by atoms with Crippen molar-refractivity contribution in [1.82, 2.24) is 4.90 Å². The van der Waals surface area contributed by atoms with E-state index in [1.807, 2.05) is 19.9 Å². The fourth-order valence-corrected chi connectivity index (χ4v) is 7.52. The average Bonchev–Trinajstić information content (AvgIpc) is 3.46. The number of ether oxygens (including phenoxy) is 2. The first-order valence-corrected chi connectivity index (χ1v) is 16.8. The van der Waals surface area contributed by atoms with Gasteiger partial charge in [-0.05, 0) is 87.8 Å². The van der Waals surface area contributed by atoms with Crippen molar-refractivity contribution < 1.29 is 29.3 Å². The standard InChI is InChI=1S/C35H56N2O6/c1-24-19-25(2)21-27(4)34(40)28(23-36)11-6-7-14-32(43-33(39)22-31(38)26(3)20-24)29-12-10-13-30(29)35(41)42-18-17-37-15-8-5-9-16-37/h6-7,11,24-27,29-32,34,38,40H,5,8-10,12-22H2,1-4H3/b7-6+,28-11-/t24-,25+,26-,27-,29+,30+,31-,32-,34+/m0/s1. The maximum Gasteiger partial charge on any atom is 0.309 e. The van der Waals surface area contributed by atoms with E-state index in [1.54, 1.807) is 12.2 Å². The molecule has 8 nitrogen and oxygen atoms in total. The molecule has 3 rings (SSSR count). The van der Waals surface area contributed by atoms with E-state index in [1.165, 1.54) is 19.3 Å². The SMILES string of the molecule is C[C@@H]1C[C@H](C)C[C@H](C)[C@@H](O)CC(=O)O[C@H]([C@@H]2CCC[C@H]2C(=O)OCCN2CCCCC2)C/C=C/C=C(/C#N)[C@H](O)[C@@H](C)C1. The third-order valence-corrected chi connectivity index (χ3v) is 9.89. The Balaban J connectivity index is 1.75. The van der Waals surface area contributed by atoms with Crippen LogP contribution in [0.15, 0.2) is 23.8 Å². The molecule has 1 saturated heterocycles. The van der Waals surface area contributed by atoms with Gasteiger partial charge in [0.05, 0.1) is 36.2 Å². The number of aliphatic hydroxyl groups is 2. The van der Waals surface area contributed by atoms with Crippen LogP contribution in [-0.4, -0.2) is 71.6 Å². The summed E-state index contributed by atoms with van der Waals surface area (Å²) in [6, 6.07) is 2.16. The van der Waals surface area contributed by atoms with E-state index in [4.69, 9.17) is 9.47 Å². The minimum Gasteiger partial charge on any atom is -0.464 e. The molecule has 1 saturated carbocycles. The minimum absolute atomic E-state index is 0.0720. The Hall–Kier alpha value is -2.21. The van der Waals surface area contributed by atoms with Crippen molar-refractivity contribution in [3.8, 4) is 6.07 Å². The van der Waals surface area contributed by atoms with Crippen LogP contribution in [0.25, 0.3) is 0 Å². The van der Waals surface area contributed by atoms with E-state index in [-0.39, 0.29) is 36.1 Å². The predicted octanol–water partition coefficient (Wildman–Crippen LogP) is 5.58. The number of esters is 2. The molecule has 0 amide bonds. The first kappa shape index (κ1) is 35.3. The molecule has 2 N–H and O–H groups in total. The zero-order valence-electron chi connectivity index (χ0n) is 27.0. The summed E-state index contributed by atoms with van der Waals surface area (Å²) in [4.78, 5) is 28.7. The van der Waals surface area contributed by atoms with Gasteiger partial charge in [-0.15, -0.1) is 0 Å². The van der Waals surface area contributed by atoms with Crippen LogP contribution in [-0.2, 0) is 19.1 Å². The number of likely N-dealkylation sites (tertiary alicyclic amines) is 1. The molecule has 242 valence electrons. The lowest BCUT2D eigenvalue weighted by atomic mass is 9.82. The number of piperidine rings is 1. The van der Waals surface area contributed by atoms with Crippen LogP contribution in [0, 0.1) is 46.8 Å². The van der Waals surface area contributed by atoms with Gasteiger partial charge in [0.2, 0.25) is 0 Å². The third-order valence-electron chi connectivity index (χ3n) is 9.89. The lowest BCUT2D eigenvalue weighted by Crippen LogP contribution is -2.36. The third kappa shape index (κ3) is 11.3. The number of rotatable bonds is 5. The van der Waals surface area contributed by atoms with Crippen LogP contribution >= 0.6 is 0 Å². The highest BCUT2D eigenvalue weighted by Crippen LogP contribution is 2.38. The molecule has 0 bridgehead atoms. The van der Waals surface area contributed by atoms with Crippen LogP contribution in [0.1, 0.15) is 98.3 Å². The summed E-state index contributed by atoms with van der Waals surface area (Å²) >= 11 is 0. The second kappa shape index (κ2) is 17.9. The summed E-state index contributed by atoms with van der Waals surface area (Å²) in [6.07, 6.45) is 11.7. The molecule has 2 aliphatic heterocycles. The number of cyclic esters (lactones) is 1. The highest BCUT2D eigenvalue weighted by atomic mass is 16.5. The molecule has 1 aliphatic carbocycles. The van der Waals surface area contributed by atoms with Crippen molar-refractivity contribution in [2.45, 2.75) is 117 Å². The largest absolute Gasteiger partial charge is 0.464 e. The summed E-state index contributed by atoms with van der Waals surface area (Å²) < 4.78 is 11.8. The van der Waals surface area contributed by atoms with E-state index in [9.17, 15) is 25.1 Å². The number of carbonyl (C=O) groups excluding carboxylic acids is 2. The highest BCUT2D eigenvalue weighted by Gasteiger charge is 2.40. The molecular formula is C35H56N2O6. The number of aliphatic hydroxyl groups excluding tert-OH is 2. The average molecular weight is 601 g/mol. The summed E-state index contributed by atoms with van der Waals surface area (Å²) in [5, 5.41) is 31.6. The lowest BCUT2D eigenvalue weighted by molar-refractivity contribution is -0.161. The topological polar surface area (TPSA) is 120 Å². The van der Waals surface area contributed by atoms with E-state index >= 15 is 0 Å². The number of carbonyl (C=O) groups is 2. The van der Waals surface area contributed by atoms with Crippen LogP contribution in [0.5, 0.6) is 0 Å². The Morgan fingerprint density at radius 1 is 1.02 bits per heavy atom. The van der Waals surface area contributed by atoms with E-state index in [0.717, 1.165) is 51.7 Å². The zero-order chi connectivity index (χ0) is 31.4. The predicted molar refractivity (Wildman–Crippen MR) is 167 cm³/mol. The number of nitrogens with zero attached hydrogens (tertiary/aromatic N) is 2. The first-order chi connectivity index (χ1) is 20.6. The van der Waals surface area contributed by atoms with Gasteiger partial charge in [0.15, 0.2) is 0 Å². The van der Waals surface area contributed by atoms with Crippen LogP contribution < -0.4 is 0 Å². The van der Waals surface area contributed by atoms with Crippen LogP contribution in [0.4, 0.5) is 0 Å². The van der Waals surface area contributed by atoms with Gasteiger partial charge in [-0.25, -0.2) is 0 Å². The quantitative estimate of drug-likeness (QED) is 0.393. The molecule has 0 aromatic carbocycles. The molecule has 43 heavy (non-hydrogen) atoms.